The molecule has 0 aliphatic carbocycles. The normalized spacial score (nSPS) is 15.3. The Kier molecular flexibility index (Phi) is 6.12. The molecule has 1 amide bonds. The lowest BCUT2D eigenvalue weighted by molar-refractivity contribution is 0.0730. The van der Waals surface area contributed by atoms with E-state index in [1.807, 2.05) is 6.92 Å². The van der Waals surface area contributed by atoms with Crippen molar-refractivity contribution in [1.29, 1.82) is 5.26 Å². The van der Waals surface area contributed by atoms with Gasteiger partial charge in [-0.1, -0.05) is 6.07 Å². The number of morpholine rings is 1. The first kappa shape index (κ1) is 20.7. The summed E-state index contributed by atoms with van der Waals surface area (Å²) >= 11 is 0. The molecule has 1 aromatic heterocycles. The number of ether oxygens (including phenoxy) is 1. The van der Waals surface area contributed by atoms with Gasteiger partial charge in [-0.3, -0.25) is 4.79 Å². The third kappa shape index (κ3) is 4.37. The smallest absolute Gasteiger partial charge is 0.271 e. The Labute approximate surface area is 169 Å². The van der Waals surface area contributed by atoms with Crippen molar-refractivity contribution in [3.05, 3.63) is 52.8 Å². The van der Waals surface area contributed by atoms with E-state index in [2.05, 4.69) is 16.6 Å². The standard InChI is InChI=1S/C19H21N5O4S/c1-14-16(10-17(12-20)23(14)2)13-21-22-19(25)15-4-3-5-18(11-15)29(26,27)24-6-8-28-9-7-24/h3-5,10-11,13H,6-9H2,1-2H3,(H,22,25)/b21-13-. The average Bonchev–Trinajstić information content (AvgIpc) is 3.02. The van der Waals surface area contributed by atoms with E-state index in [-0.39, 0.29) is 23.5 Å². The topological polar surface area (TPSA) is 117 Å². The van der Waals surface area contributed by atoms with Gasteiger partial charge in [0.25, 0.3) is 5.91 Å². The van der Waals surface area contributed by atoms with Gasteiger partial charge >= 0.3 is 0 Å². The molecule has 3 rings (SSSR count). The van der Waals surface area contributed by atoms with Crippen LogP contribution in [-0.2, 0) is 21.8 Å². The molecule has 152 valence electrons. The van der Waals surface area contributed by atoms with Crippen LogP contribution in [0.3, 0.4) is 0 Å². The fourth-order valence-electron chi connectivity index (χ4n) is 2.92. The van der Waals surface area contributed by atoms with Crippen LogP contribution in [0.2, 0.25) is 0 Å². The van der Waals surface area contributed by atoms with Gasteiger partial charge in [-0.05, 0) is 31.2 Å². The third-order valence-electron chi connectivity index (χ3n) is 4.76. The van der Waals surface area contributed by atoms with Gasteiger partial charge in [0.1, 0.15) is 11.8 Å². The lowest BCUT2D eigenvalue weighted by atomic mass is 10.2. The molecule has 0 spiro atoms. The van der Waals surface area contributed by atoms with Gasteiger partial charge in [-0.25, -0.2) is 13.8 Å². The summed E-state index contributed by atoms with van der Waals surface area (Å²) in [6.45, 7) is 3.10. The number of carbonyl (C=O) groups is 1. The number of hydrogen-bond donors (Lipinski definition) is 1. The molecule has 1 saturated heterocycles. The van der Waals surface area contributed by atoms with Crippen LogP contribution in [0.4, 0.5) is 0 Å². The minimum atomic E-state index is -3.69. The monoisotopic (exact) mass is 415 g/mol. The van der Waals surface area contributed by atoms with Gasteiger partial charge in [0, 0.05) is 37.0 Å². The summed E-state index contributed by atoms with van der Waals surface area (Å²) in [5.74, 6) is -0.533. The second kappa shape index (κ2) is 8.57. The molecule has 1 aliphatic heterocycles. The first-order valence-corrected chi connectivity index (χ1v) is 10.4. The van der Waals surface area contributed by atoms with Crippen molar-refractivity contribution >= 4 is 22.1 Å². The maximum atomic E-state index is 12.7. The average molecular weight is 415 g/mol. The molecule has 2 heterocycles. The second-order valence-electron chi connectivity index (χ2n) is 6.48. The molecule has 1 fully saturated rings. The summed E-state index contributed by atoms with van der Waals surface area (Å²) in [5, 5.41) is 13.0. The highest BCUT2D eigenvalue weighted by atomic mass is 32.2. The van der Waals surface area contributed by atoms with Crippen LogP contribution in [0.25, 0.3) is 0 Å². The maximum absolute atomic E-state index is 12.7. The number of nitrogens with one attached hydrogen (secondary N) is 1. The summed E-state index contributed by atoms with van der Waals surface area (Å²) in [4.78, 5) is 12.4. The molecule has 1 aliphatic rings. The van der Waals surface area contributed by atoms with Crippen LogP contribution in [0.1, 0.15) is 27.3 Å². The van der Waals surface area contributed by atoms with Crippen LogP contribution in [0, 0.1) is 18.3 Å². The Bertz CT molecular complexity index is 1090. The fraction of sp³-hybridized carbons (Fsp3) is 0.316. The Morgan fingerprint density at radius 2 is 2.03 bits per heavy atom. The molecule has 0 bridgehead atoms. The number of benzene rings is 1. The minimum Gasteiger partial charge on any atom is -0.379 e. The van der Waals surface area contributed by atoms with Gasteiger partial charge in [-0.2, -0.15) is 14.7 Å². The molecule has 1 aromatic carbocycles. The van der Waals surface area contributed by atoms with Crippen LogP contribution in [0.15, 0.2) is 40.3 Å². The van der Waals surface area contributed by atoms with E-state index >= 15 is 0 Å². The summed E-state index contributed by atoms with van der Waals surface area (Å²) in [6.07, 6.45) is 1.45. The largest absolute Gasteiger partial charge is 0.379 e. The molecule has 0 radical (unpaired) electrons. The Balaban J connectivity index is 1.74. The maximum Gasteiger partial charge on any atom is 0.271 e. The first-order chi connectivity index (χ1) is 13.8. The number of amides is 1. The Hall–Kier alpha value is -3.00. The minimum absolute atomic E-state index is 0.0496. The molecule has 0 saturated carbocycles. The second-order valence-corrected chi connectivity index (χ2v) is 8.42. The molecule has 29 heavy (non-hydrogen) atoms. The number of rotatable bonds is 5. The van der Waals surface area contributed by atoms with Crippen molar-refractivity contribution in [1.82, 2.24) is 14.3 Å². The predicted molar refractivity (Wildman–Crippen MR) is 106 cm³/mol. The van der Waals surface area contributed by atoms with Crippen molar-refractivity contribution in [2.45, 2.75) is 11.8 Å². The highest BCUT2D eigenvalue weighted by molar-refractivity contribution is 7.89. The van der Waals surface area contributed by atoms with E-state index in [9.17, 15) is 13.2 Å². The first-order valence-electron chi connectivity index (χ1n) is 8.92. The molecular weight excluding hydrogens is 394 g/mol. The van der Waals surface area contributed by atoms with Gasteiger partial charge in [0.2, 0.25) is 10.0 Å². The molecule has 10 heteroatoms. The van der Waals surface area contributed by atoms with Crippen LogP contribution < -0.4 is 5.43 Å². The number of aromatic nitrogens is 1. The SMILES string of the molecule is Cc1c(/C=N\NC(=O)c2cccc(S(=O)(=O)N3CCOCC3)c2)cc(C#N)n1C. The van der Waals surface area contributed by atoms with E-state index in [4.69, 9.17) is 10.00 Å². The molecule has 2 aromatic rings. The van der Waals surface area contributed by atoms with Crippen LogP contribution >= 0.6 is 0 Å². The molecular formula is C19H21N5O4S. The van der Waals surface area contributed by atoms with Crippen molar-refractivity contribution in [3.8, 4) is 6.07 Å². The Morgan fingerprint density at radius 1 is 1.31 bits per heavy atom. The van der Waals surface area contributed by atoms with Gasteiger partial charge < -0.3 is 9.30 Å². The Morgan fingerprint density at radius 3 is 2.69 bits per heavy atom. The van der Waals surface area contributed by atoms with Gasteiger partial charge in [-0.15, -0.1) is 0 Å². The van der Waals surface area contributed by atoms with Gasteiger partial charge in [0.05, 0.1) is 24.3 Å². The number of nitrogens with zero attached hydrogens (tertiary/aromatic N) is 4. The van der Waals surface area contributed by atoms with E-state index in [0.717, 1.165) is 5.69 Å². The lowest BCUT2D eigenvalue weighted by Crippen LogP contribution is -2.40. The highest BCUT2D eigenvalue weighted by Gasteiger charge is 2.26. The number of hydrazone groups is 1. The van der Waals surface area contributed by atoms with Crippen molar-refractivity contribution in [3.63, 3.8) is 0 Å². The van der Waals surface area contributed by atoms with Crippen molar-refractivity contribution in [2.24, 2.45) is 12.1 Å². The predicted octanol–water partition coefficient (Wildman–Crippen LogP) is 0.990. The summed E-state index contributed by atoms with van der Waals surface area (Å²) in [5.41, 5.74) is 4.59. The van der Waals surface area contributed by atoms with E-state index in [0.29, 0.717) is 24.5 Å². The lowest BCUT2D eigenvalue weighted by Gasteiger charge is -2.26. The molecule has 1 N–H and O–H groups in total. The van der Waals surface area contributed by atoms with E-state index in [1.165, 1.54) is 34.8 Å². The zero-order valence-corrected chi connectivity index (χ0v) is 16.9. The fourth-order valence-corrected chi connectivity index (χ4v) is 4.37. The third-order valence-corrected chi connectivity index (χ3v) is 6.66. The van der Waals surface area contributed by atoms with Crippen molar-refractivity contribution in [2.75, 3.05) is 26.3 Å². The highest BCUT2D eigenvalue weighted by Crippen LogP contribution is 2.18. The number of carbonyl (C=O) groups excluding carboxylic acids is 1. The molecule has 0 unspecified atom stereocenters. The zero-order chi connectivity index (χ0) is 21.0. The number of hydrogen-bond acceptors (Lipinski definition) is 6. The molecule has 0 atom stereocenters. The van der Waals surface area contributed by atoms with Gasteiger partial charge in [0.15, 0.2) is 0 Å². The molecule has 9 nitrogen and oxygen atoms in total. The quantitative estimate of drug-likeness (QED) is 0.577. The summed E-state index contributed by atoms with van der Waals surface area (Å²) in [7, 11) is -1.92. The number of nitriles is 1. The van der Waals surface area contributed by atoms with E-state index in [1.54, 1.807) is 17.7 Å². The summed E-state index contributed by atoms with van der Waals surface area (Å²) < 4.78 is 33.7. The van der Waals surface area contributed by atoms with E-state index < -0.39 is 15.9 Å². The van der Waals surface area contributed by atoms with Crippen molar-refractivity contribution < 1.29 is 17.9 Å². The summed E-state index contributed by atoms with van der Waals surface area (Å²) in [6, 6.07) is 9.57. The number of sulfonamides is 1. The van der Waals surface area contributed by atoms with Crippen LogP contribution in [0.5, 0.6) is 0 Å². The van der Waals surface area contributed by atoms with Crippen LogP contribution in [-0.4, -0.2) is 55.7 Å². The zero-order valence-electron chi connectivity index (χ0n) is 16.1.